The van der Waals surface area contributed by atoms with Crippen LogP contribution in [0.3, 0.4) is 0 Å². The average Bonchev–Trinajstić information content (AvgIpc) is 2.79. The summed E-state index contributed by atoms with van der Waals surface area (Å²) in [7, 11) is 1.50. The highest BCUT2D eigenvalue weighted by molar-refractivity contribution is 5.83. The first kappa shape index (κ1) is 13.5. The van der Waals surface area contributed by atoms with Crippen LogP contribution in [0.2, 0.25) is 0 Å². The number of allylic oxidation sites excluding steroid dienone is 1. The zero-order valence-corrected chi connectivity index (χ0v) is 10.1. The van der Waals surface area contributed by atoms with Crippen molar-refractivity contribution in [2.24, 2.45) is 11.7 Å². The Morgan fingerprint density at radius 3 is 2.65 bits per heavy atom. The van der Waals surface area contributed by atoms with E-state index in [4.69, 9.17) is 10.5 Å². The van der Waals surface area contributed by atoms with Crippen molar-refractivity contribution in [3.05, 3.63) is 12.2 Å². The number of nitrogens with one attached hydrogen (secondary N) is 1. The highest BCUT2D eigenvalue weighted by atomic mass is 16.6. The van der Waals surface area contributed by atoms with Gasteiger partial charge in [-0.15, -0.1) is 0 Å². The summed E-state index contributed by atoms with van der Waals surface area (Å²) in [6, 6.07) is 0. The molecule has 1 atom stereocenters. The van der Waals surface area contributed by atoms with Crippen molar-refractivity contribution in [1.29, 1.82) is 0 Å². The Hall–Kier alpha value is -1.52. The smallest absolute Gasteiger partial charge is 0.405 e. The molecule has 0 spiro atoms. The van der Waals surface area contributed by atoms with Crippen molar-refractivity contribution >= 4 is 12.0 Å². The molecule has 0 aliphatic heterocycles. The minimum absolute atomic E-state index is 0.333. The zero-order chi connectivity index (χ0) is 12.7. The Kier molecular flexibility index (Phi) is 5.52. The van der Waals surface area contributed by atoms with E-state index in [0.717, 1.165) is 0 Å². The average molecular weight is 240 g/mol. The number of hydrogen-bond donors (Lipinski definition) is 2. The molecule has 1 unspecified atom stereocenters. The molecule has 2 amide bonds. The third-order valence-electron chi connectivity index (χ3n) is 2.96. The first-order valence-corrected chi connectivity index (χ1v) is 5.98. The summed E-state index contributed by atoms with van der Waals surface area (Å²) in [6.07, 6.45) is 7.58. The fraction of sp³-hybridized carbons (Fsp3) is 0.667. The van der Waals surface area contributed by atoms with Gasteiger partial charge in [0.15, 0.2) is 6.10 Å². The lowest BCUT2D eigenvalue weighted by molar-refractivity contribution is -0.128. The van der Waals surface area contributed by atoms with Gasteiger partial charge in [-0.3, -0.25) is 4.79 Å². The van der Waals surface area contributed by atoms with Gasteiger partial charge < -0.3 is 15.8 Å². The van der Waals surface area contributed by atoms with E-state index in [9.17, 15) is 9.59 Å². The maximum Gasteiger partial charge on any atom is 0.405 e. The van der Waals surface area contributed by atoms with E-state index in [-0.39, 0.29) is 5.91 Å². The summed E-state index contributed by atoms with van der Waals surface area (Å²) < 4.78 is 4.74. The predicted octanol–water partition coefficient (Wildman–Crippen LogP) is 1.33. The second-order valence-corrected chi connectivity index (χ2v) is 4.25. The Morgan fingerprint density at radius 1 is 1.47 bits per heavy atom. The monoisotopic (exact) mass is 240 g/mol. The van der Waals surface area contributed by atoms with Crippen LogP contribution in [0.4, 0.5) is 4.79 Å². The van der Waals surface area contributed by atoms with E-state index in [1.807, 2.05) is 6.08 Å². The van der Waals surface area contributed by atoms with Gasteiger partial charge in [0.25, 0.3) is 5.91 Å². The molecule has 0 aromatic heterocycles. The number of ether oxygens (including phenoxy) is 1. The molecule has 0 saturated heterocycles. The summed E-state index contributed by atoms with van der Waals surface area (Å²) in [5.41, 5.74) is 4.91. The summed E-state index contributed by atoms with van der Waals surface area (Å²) in [5.74, 6) is 0.272. The zero-order valence-electron chi connectivity index (χ0n) is 10.1. The first-order chi connectivity index (χ1) is 8.13. The molecule has 1 aliphatic carbocycles. The lowest BCUT2D eigenvalue weighted by atomic mass is 10.1. The molecule has 96 valence electrons. The van der Waals surface area contributed by atoms with Crippen LogP contribution in [0.5, 0.6) is 0 Å². The van der Waals surface area contributed by atoms with Crippen LogP contribution >= 0.6 is 0 Å². The van der Waals surface area contributed by atoms with E-state index < -0.39 is 12.2 Å². The molecule has 1 saturated carbocycles. The fourth-order valence-electron chi connectivity index (χ4n) is 2.05. The number of amides is 2. The molecule has 0 bridgehead atoms. The fourth-order valence-corrected chi connectivity index (χ4v) is 2.05. The number of hydrogen-bond acceptors (Lipinski definition) is 3. The van der Waals surface area contributed by atoms with Gasteiger partial charge in [0.05, 0.1) is 0 Å². The van der Waals surface area contributed by atoms with E-state index in [0.29, 0.717) is 12.3 Å². The lowest BCUT2D eigenvalue weighted by Gasteiger charge is -2.13. The topological polar surface area (TPSA) is 81.4 Å². The minimum atomic E-state index is -0.923. The highest BCUT2D eigenvalue weighted by Crippen LogP contribution is 2.25. The summed E-state index contributed by atoms with van der Waals surface area (Å²) in [6.45, 7) is 0. The standard InChI is InChI=1S/C12H20N2O3/c1-14-11(15)10(17-12(13)16)8-4-7-9-5-2-3-6-9/h4,7,9-10H,2-3,5-6,8H2,1H3,(H2,13,16)(H,14,15). The quantitative estimate of drug-likeness (QED) is 0.711. The first-order valence-electron chi connectivity index (χ1n) is 5.98. The predicted molar refractivity (Wildman–Crippen MR) is 64.2 cm³/mol. The van der Waals surface area contributed by atoms with Gasteiger partial charge in [-0.1, -0.05) is 25.0 Å². The Morgan fingerprint density at radius 2 is 2.12 bits per heavy atom. The Balaban J connectivity index is 2.41. The molecule has 0 radical (unpaired) electrons. The van der Waals surface area contributed by atoms with Crippen LogP contribution in [0.1, 0.15) is 32.1 Å². The number of likely N-dealkylation sites (N-methyl/N-ethyl adjacent to an activating group) is 1. The van der Waals surface area contributed by atoms with E-state index >= 15 is 0 Å². The molecule has 0 heterocycles. The molecule has 5 heteroatoms. The van der Waals surface area contributed by atoms with Gasteiger partial charge >= 0.3 is 6.09 Å². The SMILES string of the molecule is CNC(=O)C(CC=CC1CCCC1)OC(N)=O. The van der Waals surface area contributed by atoms with Gasteiger partial charge in [0.1, 0.15) is 0 Å². The molecule has 0 aromatic rings. The molecule has 1 rings (SSSR count). The van der Waals surface area contributed by atoms with Crippen LogP contribution in [0, 0.1) is 5.92 Å². The number of primary amides is 1. The molecule has 17 heavy (non-hydrogen) atoms. The van der Waals surface area contributed by atoms with Gasteiger partial charge in [-0.2, -0.15) is 0 Å². The van der Waals surface area contributed by atoms with Crippen LogP contribution in [0.25, 0.3) is 0 Å². The molecule has 1 aliphatic rings. The van der Waals surface area contributed by atoms with Crippen molar-refractivity contribution < 1.29 is 14.3 Å². The highest BCUT2D eigenvalue weighted by Gasteiger charge is 2.19. The largest absolute Gasteiger partial charge is 0.436 e. The van der Waals surface area contributed by atoms with E-state index in [1.54, 1.807) is 0 Å². The van der Waals surface area contributed by atoms with Crippen molar-refractivity contribution in [3.63, 3.8) is 0 Å². The maximum atomic E-state index is 11.4. The third kappa shape index (κ3) is 4.89. The van der Waals surface area contributed by atoms with Gasteiger partial charge in [-0.25, -0.2) is 4.79 Å². The van der Waals surface area contributed by atoms with Crippen LogP contribution < -0.4 is 11.1 Å². The second kappa shape index (κ2) is 6.93. The summed E-state index contributed by atoms with van der Waals surface area (Å²) in [4.78, 5) is 22.0. The molecule has 5 nitrogen and oxygen atoms in total. The number of carbonyl (C=O) groups is 2. The van der Waals surface area contributed by atoms with Crippen molar-refractivity contribution in [1.82, 2.24) is 5.32 Å². The molecule has 0 aromatic carbocycles. The van der Waals surface area contributed by atoms with Crippen molar-refractivity contribution in [2.45, 2.75) is 38.2 Å². The van der Waals surface area contributed by atoms with Crippen LogP contribution in [-0.2, 0) is 9.53 Å². The summed E-state index contributed by atoms with van der Waals surface area (Å²) in [5, 5.41) is 2.44. The van der Waals surface area contributed by atoms with Crippen molar-refractivity contribution in [3.8, 4) is 0 Å². The normalized spacial score (nSPS) is 18.2. The number of nitrogens with two attached hydrogens (primary N) is 1. The number of carbonyl (C=O) groups excluding carboxylic acids is 2. The van der Waals surface area contributed by atoms with Gasteiger partial charge in [0.2, 0.25) is 0 Å². The van der Waals surface area contributed by atoms with Crippen LogP contribution in [0.15, 0.2) is 12.2 Å². The van der Waals surface area contributed by atoms with E-state index in [1.165, 1.54) is 32.7 Å². The van der Waals surface area contributed by atoms with Gasteiger partial charge in [-0.05, 0) is 18.8 Å². The number of rotatable bonds is 5. The lowest BCUT2D eigenvalue weighted by Crippen LogP contribution is -2.36. The van der Waals surface area contributed by atoms with E-state index in [2.05, 4.69) is 11.4 Å². The molecule has 1 fully saturated rings. The molecular weight excluding hydrogens is 220 g/mol. The second-order valence-electron chi connectivity index (χ2n) is 4.25. The Labute approximate surface area is 101 Å². The third-order valence-corrected chi connectivity index (χ3v) is 2.96. The van der Waals surface area contributed by atoms with Crippen molar-refractivity contribution in [2.75, 3.05) is 7.05 Å². The maximum absolute atomic E-state index is 11.4. The Bertz CT molecular complexity index is 296. The van der Waals surface area contributed by atoms with Crippen LogP contribution in [-0.4, -0.2) is 25.2 Å². The molecule has 3 N–H and O–H groups in total. The summed E-state index contributed by atoms with van der Waals surface area (Å²) >= 11 is 0. The minimum Gasteiger partial charge on any atom is -0.436 e. The van der Waals surface area contributed by atoms with Gasteiger partial charge in [0, 0.05) is 13.5 Å². The molecular formula is C12H20N2O3.